The molecule has 1 fully saturated rings. The van der Waals surface area contributed by atoms with Crippen LogP contribution in [0.2, 0.25) is 0 Å². The molecule has 0 aromatic heterocycles. The van der Waals surface area contributed by atoms with Gasteiger partial charge in [-0.05, 0) is 36.6 Å². The number of nitrogen functional groups attached to an aromatic ring is 1. The number of aliphatic hydroxyl groups is 1. The van der Waals surface area contributed by atoms with Gasteiger partial charge in [0.05, 0.1) is 6.61 Å². The molecule has 0 heterocycles. The molecule has 1 aliphatic carbocycles. The normalized spacial score (nSPS) is 16.9. The Morgan fingerprint density at radius 1 is 1.21 bits per heavy atom. The van der Waals surface area contributed by atoms with E-state index < -0.39 is 6.10 Å². The Morgan fingerprint density at radius 2 is 1.95 bits per heavy atom. The van der Waals surface area contributed by atoms with Gasteiger partial charge in [0.2, 0.25) is 0 Å². The second kappa shape index (κ2) is 7.36. The fourth-order valence-corrected chi connectivity index (χ4v) is 2.06. The summed E-state index contributed by atoms with van der Waals surface area (Å²) >= 11 is 0. The minimum Gasteiger partial charge on any atom is -0.491 e. The van der Waals surface area contributed by atoms with Crippen LogP contribution < -0.4 is 10.5 Å². The van der Waals surface area contributed by atoms with E-state index in [1.165, 1.54) is 19.3 Å². The van der Waals surface area contributed by atoms with Crippen LogP contribution in [0.1, 0.15) is 25.7 Å². The quantitative estimate of drug-likeness (QED) is 0.559. The summed E-state index contributed by atoms with van der Waals surface area (Å²) in [5.74, 6) is 1.56. The second-order valence-electron chi connectivity index (χ2n) is 5.19. The van der Waals surface area contributed by atoms with E-state index in [1.54, 1.807) is 24.3 Å². The number of hydrogen-bond donors (Lipinski definition) is 2. The molecule has 1 aromatic carbocycles. The number of ether oxygens (including phenoxy) is 2. The number of rotatable bonds is 8. The molecule has 0 amide bonds. The summed E-state index contributed by atoms with van der Waals surface area (Å²) in [6.45, 7) is 1.32. The molecule has 0 aliphatic heterocycles. The van der Waals surface area contributed by atoms with E-state index >= 15 is 0 Å². The Morgan fingerprint density at radius 3 is 2.58 bits per heavy atom. The zero-order chi connectivity index (χ0) is 13.5. The molecule has 19 heavy (non-hydrogen) atoms. The smallest absolute Gasteiger partial charge is 0.119 e. The van der Waals surface area contributed by atoms with Crippen molar-refractivity contribution >= 4 is 5.69 Å². The first kappa shape index (κ1) is 14.2. The molecule has 0 saturated heterocycles. The van der Waals surface area contributed by atoms with E-state index in [-0.39, 0.29) is 6.61 Å². The van der Waals surface area contributed by atoms with Gasteiger partial charge in [-0.25, -0.2) is 0 Å². The van der Waals surface area contributed by atoms with Crippen LogP contribution >= 0.6 is 0 Å². The van der Waals surface area contributed by atoms with Gasteiger partial charge < -0.3 is 20.3 Å². The number of nitrogens with two attached hydrogens (primary N) is 1. The van der Waals surface area contributed by atoms with Gasteiger partial charge in [-0.2, -0.15) is 0 Å². The molecular formula is C15H23NO3. The summed E-state index contributed by atoms with van der Waals surface area (Å²) in [4.78, 5) is 0. The maximum atomic E-state index is 9.73. The zero-order valence-corrected chi connectivity index (χ0v) is 11.3. The van der Waals surface area contributed by atoms with Crippen LogP contribution in [0.5, 0.6) is 5.75 Å². The highest BCUT2D eigenvalue weighted by Crippen LogP contribution is 2.29. The summed E-state index contributed by atoms with van der Waals surface area (Å²) in [5.41, 5.74) is 6.28. The highest BCUT2D eigenvalue weighted by atomic mass is 16.5. The van der Waals surface area contributed by atoms with Crippen LogP contribution in [0.25, 0.3) is 0 Å². The molecule has 4 nitrogen and oxygen atoms in total. The summed E-state index contributed by atoms with van der Waals surface area (Å²) in [6.07, 6.45) is 4.58. The van der Waals surface area contributed by atoms with Gasteiger partial charge in [0.25, 0.3) is 0 Å². The molecule has 0 bridgehead atoms. The Labute approximate surface area is 114 Å². The van der Waals surface area contributed by atoms with Crippen molar-refractivity contribution in [1.29, 1.82) is 0 Å². The molecule has 0 spiro atoms. The maximum Gasteiger partial charge on any atom is 0.119 e. The lowest BCUT2D eigenvalue weighted by Gasteiger charge is -2.25. The average molecular weight is 265 g/mol. The lowest BCUT2D eigenvalue weighted by atomic mass is 9.83. The van der Waals surface area contributed by atoms with Crippen LogP contribution in [0.15, 0.2) is 24.3 Å². The third kappa shape index (κ3) is 5.09. The summed E-state index contributed by atoms with van der Waals surface area (Å²) in [5, 5.41) is 9.73. The predicted molar refractivity (Wildman–Crippen MR) is 75.1 cm³/mol. The Bertz CT molecular complexity index is 362. The molecule has 0 radical (unpaired) electrons. The third-order valence-electron chi connectivity index (χ3n) is 3.53. The fraction of sp³-hybridized carbons (Fsp3) is 0.600. The first-order valence-electron chi connectivity index (χ1n) is 6.98. The van der Waals surface area contributed by atoms with Gasteiger partial charge in [-0.1, -0.05) is 19.3 Å². The SMILES string of the molecule is Nc1ccc(OCC(O)COCCC2CCC2)cc1. The zero-order valence-electron chi connectivity index (χ0n) is 11.3. The van der Waals surface area contributed by atoms with E-state index in [0.29, 0.717) is 18.0 Å². The van der Waals surface area contributed by atoms with Gasteiger partial charge in [0, 0.05) is 12.3 Å². The molecule has 106 valence electrons. The van der Waals surface area contributed by atoms with E-state index in [0.717, 1.165) is 18.9 Å². The first-order chi connectivity index (χ1) is 9.24. The molecule has 1 atom stereocenters. The highest BCUT2D eigenvalue weighted by Gasteiger charge is 2.16. The summed E-state index contributed by atoms with van der Waals surface area (Å²) < 4.78 is 10.9. The Balaban J connectivity index is 1.53. The molecule has 1 aromatic rings. The molecular weight excluding hydrogens is 242 g/mol. The lowest BCUT2D eigenvalue weighted by Crippen LogP contribution is -2.24. The molecule has 1 unspecified atom stereocenters. The van der Waals surface area contributed by atoms with E-state index in [9.17, 15) is 5.11 Å². The van der Waals surface area contributed by atoms with E-state index in [4.69, 9.17) is 15.2 Å². The largest absolute Gasteiger partial charge is 0.491 e. The van der Waals surface area contributed by atoms with Gasteiger partial charge in [-0.3, -0.25) is 0 Å². The van der Waals surface area contributed by atoms with Crippen molar-refractivity contribution < 1.29 is 14.6 Å². The van der Waals surface area contributed by atoms with Crippen LogP contribution in [0.3, 0.4) is 0 Å². The van der Waals surface area contributed by atoms with Gasteiger partial charge in [0.15, 0.2) is 0 Å². The van der Waals surface area contributed by atoms with Gasteiger partial charge in [-0.15, -0.1) is 0 Å². The van der Waals surface area contributed by atoms with Crippen molar-refractivity contribution in [1.82, 2.24) is 0 Å². The van der Waals surface area contributed by atoms with E-state index in [2.05, 4.69) is 0 Å². The maximum absolute atomic E-state index is 9.73. The molecule has 4 heteroatoms. The molecule has 1 aliphatic rings. The summed E-state index contributed by atoms with van der Waals surface area (Å²) in [7, 11) is 0. The van der Waals surface area contributed by atoms with Crippen molar-refractivity contribution in [3.8, 4) is 5.75 Å². The first-order valence-corrected chi connectivity index (χ1v) is 6.98. The van der Waals surface area contributed by atoms with Crippen LogP contribution in [-0.4, -0.2) is 31.0 Å². The molecule has 2 rings (SSSR count). The number of aliphatic hydroxyl groups excluding tert-OH is 1. The average Bonchev–Trinajstić information content (AvgIpc) is 2.36. The standard InChI is InChI=1S/C15H23NO3/c16-13-4-6-15(7-5-13)19-11-14(17)10-18-9-8-12-2-1-3-12/h4-7,12,14,17H,1-3,8-11,16H2. The highest BCUT2D eigenvalue weighted by molar-refractivity contribution is 5.41. The Hall–Kier alpha value is -1.26. The van der Waals surface area contributed by atoms with Crippen molar-refractivity contribution in [2.45, 2.75) is 31.8 Å². The van der Waals surface area contributed by atoms with Crippen molar-refractivity contribution in [2.24, 2.45) is 5.92 Å². The fourth-order valence-electron chi connectivity index (χ4n) is 2.06. The predicted octanol–water partition coefficient (Wildman–Crippen LogP) is 2.22. The topological polar surface area (TPSA) is 64.7 Å². The van der Waals surface area contributed by atoms with Gasteiger partial charge in [0.1, 0.15) is 18.5 Å². The van der Waals surface area contributed by atoms with Crippen LogP contribution in [0.4, 0.5) is 5.69 Å². The number of benzene rings is 1. The Kier molecular flexibility index (Phi) is 5.48. The minimum absolute atomic E-state index is 0.243. The van der Waals surface area contributed by atoms with Crippen molar-refractivity contribution in [3.63, 3.8) is 0 Å². The number of hydrogen-bond acceptors (Lipinski definition) is 4. The van der Waals surface area contributed by atoms with Crippen molar-refractivity contribution in [3.05, 3.63) is 24.3 Å². The lowest BCUT2D eigenvalue weighted by molar-refractivity contribution is 0.00560. The molecule has 3 N–H and O–H groups in total. The monoisotopic (exact) mass is 265 g/mol. The summed E-state index contributed by atoms with van der Waals surface area (Å²) in [6, 6.07) is 7.13. The second-order valence-corrected chi connectivity index (χ2v) is 5.19. The number of anilines is 1. The van der Waals surface area contributed by atoms with Crippen LogP contribution in [-0.2, 0) is 4.74 Å². The van der Waals surface area contributed by atoms with Gasteiger partial charge >= 0.3 is 0 Å². The minimum atomic E-state index is -0.584. The van der Waals surface area contributed by atoms with Crippen molar-refractivity contribution in [2.75, 3.05) is 25.6 Å². The van der Waals surface area contributed by atoms with Crippen LogP contribution in [0, 0.1) is 5.92 Å². The molecule has 1 saturated carbocycles. The van der Waals surface area contributed by atoms with E-state index in [1.807, 2.05) is 0 Å². The third-order valence-corrected chi connectivity index (χ3v) is 3.53.